The first-order valence-electron chi connectivity index (χ1n) is 11.2. The van der Waals surface area contributed by atoms with Crippen molar-refractivity contribution in [2.24, 2.45) is 0 Å². The van der Waals surface area contributed by atoms with Gasteiger partial charge in [0.25, 0.3) is 0 Å². The fraction of sp³-hybridized carbons (Fsp3) is 0.259. The molecule has 0 saturated heterocycles. The van der Waals surface area contributed by atoms with Gasteiger partial charge in [0.2, 0.25) is 5.82 Å². The van der Waals surface area contributed by atoms with Crippen LogP contribution in [0.4, 0.5) is 0 Å². The number of hydrogen-bond donors (Lipinski definition) is 2. The zero-order valence-corrected chi connectivity index (χ0v) is 19.2. The number of hydrogen-bond acceptors (Lipinski definition) is 4. The van der Waals surface area contributed by atoms with Crippen LogP contribution in [0.3, 0.4) is 0 Å². The van der Waals surface area contributed by atoms with Crippen LogP contribution in [-0.2, 0) is 12.1 Å². The van der Waals surface area contributed by atoms with E-state index in [-0.39, 0.29) is 0 Å². The molecule has 2 N–H and O–H groups in total. The molecule has 4 rings (SSSR count). The number of aromatic amines is 1. The summed E-state index contributed by atoms with van der Waals surface area (Å²) < 4.78 is 6.53. The number of ether oxygens (including phenoxy) is 1. The molecule has 1 heterocycles. The smallest absolute Gasteiger partial charge is 0.205 e. The molecular weight excluding hydrogens is 412 g/mol. The molecule has 0 unspecified atom stereocenters. The Morgan fingerprint density at radius 1 is 0.848 bits per heavy atom. The Balaban J connectivity index is 1.46. The number of rotatable bonds is 10. The molecule has 170 valence electrons. The quantitative estimate of drug-likeness (QED) is 0.286. The van der Waals surface area contributed by atoms with E-state index in [1.54, 1.807) is 0 Å². The van der Waals surface area contributed by atoms with Crippen LogP contribution in [0.1, 0.15) is 29.2 Å². The van der Waals surface area contributed by atoms with Crippen LogP contribution >= 0.6 is 0 Å². The molecule has 33 heavy (non-hydrogen) atoms. The minimum atomic E-state index is -1.41. The number of H-pyrrole nitrogens is 1. The van der Waals surface area contributed by atoms with Gasteiger partial charge in [-0.1, -0.05) is 78.9 Å². The highest BCUT2D eigenvalue weighted by molar-refractivity contribution is 5.42. The summed E-state index contributed by atoms with van der Waals surface area (Å²) in [5.41, 5.74) is 0.0745. The number of nitrogens with zero attached hydrogens (tertiary/aromatic N) is 3. The van der Waals surface area contributed by atoms with Crippen LogP contribution in [0.15, 0.2) is 91.0 Å². The van der Waals surface area contributed by atoms with Crippen molar-refractivity contribution in [3.8, 4) is 5.75 Å². The summed E-state index contributed by atoms with van der Waals surface area (Å²) in [6.07, 6.45) is 0.914. The lowest BCUT2D eigenvalue weighted by molar-refractivity contribution is -0.904. The maximum atomic E-state index is 11.9. The molecule has 0 bridgehead atoms. The van der Waals surface area contributed by atoms with E-state index in [0.29, 0.717) is 29.3 Å². The van der Waals surface area contributed by atoms with E-state index in [0.717, 1.165) is 29.8 Å². The molecule has 3 aromatic carbocycles. The minimum absolute atomic E-state index is 0.419. The molecular formula is C27H31N4O2+. The Hall–Kier alpha value is -3.48. The highest BCUT2D eigenvalue weighted by Crippen LogP contribution is 2.34. The van der Waals surface area contributed by atoms with Gasteiger partial charge in [-0.2, -0.15) is 5.10 Å². The van der Waals surface area contributed by atoms with Gasteiger partial charge in [-0.3, -0.25) is 5.10 Å². The Morgan fingerprint density at radius 2 is 1.39 bits per heavy atom. The van der Waals surface area contributed by atoms with Crippen LogP contribution < -0.4 is 4.74 Å². The standard InChI is InChI=1S/C27H31N4O2/c1-31(2,19-12-20-33-24-17-10-5-11-18-24)21-25-28-26(30-29-25)27(32,22-13-6-3-7-14-22)23-15-8-4-9-16-23/h3-11,13-18,32H,12,19-21H2,1-2H3,(H,28,29,30)/q+1. The first-order valence-corrected chi connectivity index (χ1v) is 11.2. The average molecular weight is 444 g/mol. The first-order chi connectivity index (χ1) is 16.0. The molecule has 0 radical (unpaired) electrons. The molecule has 0 atom stereocenters. The third-order valence-corrected chi connectivity index (χ3v) is 5.75. The highest BCUT2D eigenvalue weighted by atomic mass is 16.5. The largest absolute Gasteiger partial charge is 0.493 e. The van der Waals surface area contributed by atoms with Crippen molar-refractivity contribution in [2.45, 2.75) is 18.6 Å². The van der Waals surface area contributed by atoms with E-state index in [4.69, 9.17) is 9.72 Å². The van der Waals surface area contributed by atoms with Crippen LogP contribution in [-0.4, -0.2) is 52.0 Å². The molecule has 0 fully saturated rings. The molecule has 6 nitrogen and oxygen atoms in total. The van der Waals surface area contributed by atoms with Gasteiger partial charge in [0, 0.05) is 6.42 Å². The van der Waals surface area contributed by atoms with Crippen LogP contribution in [0.25, 0.3) is 0 Å². The molecule has 0 spiro atoms. The first kappa shape index (κ1) is 22.7. The van der Waals surface area contributed by atoms with Gasteiger partial charge in [-0.25, -0.2) is 4.98 Å². The number of quaternary nitrogens is 1. The van der Waals surface area contributed by atoms with Crippen molar-refractivity contribution in [3.05, 3.63) is 114 Å². The molecule has 0 amide bonds. The molecule has 0 aliphatic carbocycles. The number of para-hydroxylation sites is 1. The van der Waals surface area contributed by atoms with Gasteiger partial charge < -0.3 is 14.3 Å². The van der Waals surface area contributed by atoms with Crippen LogP contribution in [0.2, 0.25) is 0 Å². The summed E-state index contributed by atoms with van der Waals surface area (Å²) in [4.78, 5) is 4.73. The van der Waals surface area contributed by atoms with Crippen molar-refractivity contribution in [1.29, 1.82) is 0 Å². The van der Waals surface area contributed by atoms with E-state index in [9.17, 15) is 5.11 Å². The van der Waals surface area contributed by atoms with Gasteiger partial charge in [0.15, 0.2) is 11.4 Å². The lowest BCUT2D eigenvalue weighted by Crippen LogP contribution is -2.40. The normalized spacial score (nSPS) is 12.0. The zero-order valence-electron chi connectivity index (χ0n) is 19.2. The number of benzene rings is 3. The van der Waals surface area contributed by atoms with Crippen LogP contribution in [0, 0.1) is 0 Å². The summed E-state index contributed by atoms with van der Waals surface area (Å²) in [5, 5.41) is 19.3. The molecule has 6 heteroatoms. The maximum Gasteiger partial charge on any atom is 0.205 e. The van der Waals surface area contributed by atoms with Crippen molar-refractivity contribution >= 4 is 0 Å². The van der Waals surface area contributed by atoms with E-state index in [1.165, 1.54) is 0 Å². The average Bonchev–Trinajstić information content (AvgIpc) is 3.31. The minimum Gasteiger partial charge on any atom is -0.493 e. The summed E-state index contributed by atoms with van der Waals surface area (Å²) in [6, 6.07) is 29.0. The predicted molar refractivity (Wildman–Crippen MR) is 129 cm³/mol. The molecule has 0 aliphatic heterocycles. The number of aromatic nitrogens is 3. The van der Waals surface area contributed by atoms with E-state index >= 15 is 0 Å². The van der Waals surface area contributed by atoms with Crippen molar-refractivity contribution in [3.63, 3.8) is 0 Å². The van der Waals surface area contributed by atoms with Crippen LogP contribution in [0.5, 0.6) is 5.75 Å². The molecule has 4 aromatic rings. The van der Waals surface area contributed by atoms with E-state index in [1.807, 2.05) is 91.0 Å². The molecule has 1 aromatic heterocycles. The topological polar surface area (TPSA) is 71.0 Å². The Kier molecular flexibility index (Phi) is 6.87. The second-order valence-electron chi connectivity index (χ2n) is 8.88. The fourth-order valence-electron chi connectivity index (χ4n) is 3.99. The maximum absolute atomic E-state index is 11.9. The molecule has 0 aliphatic rings. The molecule has 0 saturated carbocycles. The van der Waals surface area contributed by atoms with Crippen molar-refractivity contribution in [1.82, 2.24) is 15.2 Å². The van der Waals surface area contributed by atoms with E-state index < -0.39 is 5.60 Å². The number of aliphatic hydroxyl groups is 1. The van der Waals surface area contributed by atoms with E-state index in [2.05, 4.69) is 24.3 Å². The summed E-state index contributed by atoms with van der Waals surface area (Å²) in [6.45, 7) is 2.21. The summed E-state index contributed by atoms with van der Waals surface area (Å²) in [5.74, 6) is 1.98. The van der Waals surface area contributed by atoms with Gasteiger partial charge in [0.1, 0.15) is 12.3 Å². The monoisotopic (exact) mass is 443 g/mol. The second kappa shape index (κ2) is 9.98. The Morgan fingerprint density at radius 3 is 1.97 bits per heavy atom. The number of nitrogens with one attached hydrogen (secondary N) is 1. The SMILES string of the molecule is C[N+](C)(CCCOc1ccccc1)Cc1n[nH]c(C(O)(c2ccccc2)c2ccccc2)n1. The summed E-state index contributed by atoms with van der Waals surface area (Å²) in [7, 11) is 4.30. The van der Waals surface area contributed by atoms with Gasteiger partial charge >= 0.3 is 0 Å². The lowest BCUT2D eigenvalue weighted by Gasteiger charge is -2.28. The predicted octanol–water partition coefficient (Wildman–Crippen LogP) is 4.13. The zero-order chi connectivity index (χ0) is 23.2. The van der Waals surface area contributed by atoms with Gasteiger partial charge in [-0.05, 0) is 23.3 Å². The van der Waals surface area contributed by atoms with Crippen molar-refractivity contribution < 1.29 is 14.3 Å². The second-order valence-corrected chi connectivity index (χ2v) is 8.88. The third-order valence-electron chi connectivity index (χ3n) is 5.75. The third kappa shape index (κ3) is 5.48. The Bertz CT molecular complexity index is 1090. The van der Waals surface area contributed by atoms with Crippen molar-refractivity contribution in [2.75, 3.05) is 27.2 Å². The highest BCUT2D eigenvalue weighted by Gasteiger charge is 2.37. The van der Waals surface area contributed by atoms with Gasteiger partial charge in [0.05, 0.1) is 27.2 Å². The van der Waals surface area contributed by atoms with Gasteiger partial charge in [-0.15, -0.1) is 0 Å². The Labute approximate surface area is 195 Å². The fourth-order valence-corrected chi connectivity index (χ4v) is 3.99. The summed E-state index contributed by atoms with van der Waals surface area (Å²) >= 11 is 0. The lowest BCUT2D eigenvalue weighted by atomic mass is 9.85.